The number of fused-ring (bicyclic) bond motifs is 6. The normalized spacial score (nSPS) is 11.5. The van der Waals surface area contributed by atoms with Crippen LogP contribution < -0.4 is 4.90 Å². The van der Waals surface area contributed by atoms with Crippen LogP contribution in [0.25, 0.3) is 81.0 Å². The molecular formula is C54H36N2S. The van der Waals surface area contributed by atoms with Gasteiger partial charge in [-0.1, -0.05) is 146 Å². The fraction of sp³-hybridized carbons (Fsp3) is 0. The molecule has 0 aliphatic rings. The van der Waals surface area contributed by atoms with Gasteiger partial charge in [-0.25, -0.2) is 0 Å². The fourth-order valence-electron chi connectivity index (χ4n) is 8.53. The molecule has 0 aliphatic carbocycles. The highest BCUT2D eigenvalue weighted by atomic mass is 32.1. The molecule has 9 aromatic carbocycles. The molecule has 2 heterocycles. The maximum atomic E-state index is 2.43. The smallest absolute Gasteiger partial charge is 0.0541 e. The summed E-state index contributed by atoms with van der Waals surface area (Å²) >= 11 is 1.87. The molecule has 3 heteroatoms. The third-order valence-corrected chi connectivity index (χ3v) is 12.3. The Morgan fingerprint density at radius 3 is 1.74 bits per heavy atom. The van der Waals surface area contributed by atoms with Gasteiger partial charge in [0.15, 0.2) is 0 Å². The first kappa shape index (κ1) is 33.2. The van der Waals surface area contributed by atoms with Crippen molar-refractivity contribution in [2.24, 2.45) is 0 Å². The number of hydrogen-bond acceptors (Lipinski definition) is 2. The van der Waals surface area contributed by atoms with Gasteiger partial charge in [0.25, 0.3) is 0 Å². The summed E-state index contributed by atoms with van der Waals surface area (Å²) in [4.78, 5) is 2.34. The van der Waals surface area contributed by atoms with Gasteiger partial charge in [-0.15, -0.1) is 11.3 Å². The van der Waals surface area contributed by atoms with Gasteiger partial charge in [0.05, 0.1) is 11.0 Å². The maximum absolute atomic E-state index is 2.43. The zero-order valence-corrected chi connectivity index (χ0v) is 31.9. The number of rotatable bonds is 7. The zero-order valence-electron chi connectivity index (χ0n) is 31.1. The largest absolute Gasteiger partial charge is 0.310 e. The van der Waals surface area contributed by atoms with Gasteiger partial charge in [-0.05, 0) is 106 Å². The van der Waals surface area contributed by atoms with Gasteiger partial charge < -0.3 is 9.47 Å². The molecule has 0 bridgehead atoms. The molecule has 0 saturated heterocycles. The average Bonchev–Trinajstić information content (AvgIpc) is 3.82. The van der Waals surface area contributed by atoms with Crippen LogP contribution in [0.2, 0.25) is 0 Å². The summed E-state index contributed by atoms with van der Waals surface area (Å²) in [5.41, 5.74) is 14.2. The number of anilines is 3. The summed E-state index contributed by atoms with van der Waals surface area (Å²) < 4.78 is 5.06. The van der Waals surface area contributed by atoms with Gasteiger partial charge in [0, 0.05) is 53.7 Å². The van der Waals surface area contributed by atoms with Gasteiger partial charge in [0.2, 0.25) is 0 Å². The van der Waals surface area contributed by atoms with Gasteiger partial charge >= 0.3 is 0 Å². The number of hydrogen-bond donors (Lipinski definition) is 0. The monoisotopic (exact) mass is 744 g/mol. The lowest BCUT2D eigenvalue weighted by Gasteiger charge is -2.26. The Morgan fingerprint density at radius 2 is 0.912 bits per heavy atom. The molecule has 0 atom stereocenters. The Hall–Kier alpha value is -7.20. The van der Waals surface area contributed by atoms with Crippen molar-refractivity contribution in [2.75, 3.05) is 4.90 Å². The molecule has 0 radical (unpaired) electrons. The Labute approximate surface area is 335 Å². The average molecular weight is 745 g/mol. The summed E-state index contributed by atoms with van der Waals surface area (Å²) in [6, 6.07) is 79.3. The van der Waals surface area contributed by atoms with Crippen molar-refractivity contribution < 1.29 is 0 Å². The Bertz CT molecular complexity index is 3230. The summed E-state index contributed by atoms with van der Waals surface area (Å²) in [5.74, 6) is 0. The second-order valence-electron chi connectivity index (χ2n) is 14.5. The van der Waals surface area contributed by atoms with E-state index in [1.807, 2.05) is 11.3 Å². The molecule has 11 aromatic rings. The molecule has 11 rings (SSSR count). The van der Waals surface area contributed by atoms with E-state index in [1.54, 1.807) is 0 Å². The minimum atomic E-state index is 1.11. The molecule has 0 amide bonds. The van der Waals surface area contributed by atoms with E-state index < -0.39 is 0 Å². The quantitative estimate of drug-likeness (QED) is 0.158. The van der Waals surface area contributed by atoms with Crippen molar-refractivity contribution in [1.82, 2.24) is 4.57 Å². The van der Waals surface area contributed by atoms with Crippen LogP contribution in [0.3, 0.4) is 0 Å². The van der Waals surface area contributed by atoms with Crippen LogP contribution in [-0.4, -0.2) is 4.57 Å². The van der Waals surface area contributed by atoms with E-state index in [9.17, 15) is 0 Å². The van der Waals surface area contributed by atoms with Crippen molar-refractivity contribution >= 4 is 70.4 Å². The van der Waals surface area contributed by atoms with Crippen LogP contribution in [0, 0.1) is 0 Å². The number of para-hydroxylation sites is 2. The lowest BCUT2D eigenvalue weighted by atomic mass is 9.93. The number of thiophene rings is 1. The van der Waals surface area contributed by atoms with Crippen LogP contribution in [0.15, 0.2) is 218 Å². The van der Waals surface area contributed by atoms with Crippen molar-refractivity contribution in [3.63, 3.8) is 0 Å². The lowest BCUT2D eigenvalue weighted by molar-refractivity contribution is 1.19. The van der Waals surface area contributed by atoms with E-state index in [-0.39, 0.29) is 0 Å². The van der Waals surface area contributed by atoms with Gasteiger partial charge in [-0.3, -0.25) is 0 Å². The van der Waals surface area contributed by atoms with Crippen molar-refractivity contribution in [3.05, 3.63) is 218 Å². The molecule has 0 N–H and O–H groups in total. The fourth-order valence-corrected chi connectivity index (χ4v) is 9.67. The maximum Gasteiger partial charge on any atom is 0.0541 e. The van der Waals surface area contributed by atoms with Gasteiger partial charge in [0.1, 0.15) is 0 Å². The first-order chi connectivity index (χ1) is 28.3. The predicted molar refractivity (Wildman–Crippen MR) is 245 cm³/mol. The van der Waals surface area contributed by atoms with E-state index in [1.165, 1.54) is 81.0 Å². The molecule has 2 aromatic heterocycles. The topological polar surface area (TPSA) is 8.17 Å². The zero-order chi connectivity index (χ0) is 37.7. The van der Waals surface area contributed by atoms with E-state index >= 15 is 0 Å². The molecule has 0 aliphatic heterocycles. The summed E-state index contributed by atoms with van der Waals surface area (Å²) in [5, 5.41) is 5.15. The summed E-state index contributed by atoms with van der Waals surface area (Å²) in [7, 11) is 0. The first-order valence-electron chi connectivity index (χ1n) is 19.4. The lowest BCUT2D eigenvalue weighted by Crippen LogP contribution is -2.09. The number of nitrogens with zero attached hydrogens (tertiary/aromatic N) is 2. The van der Waals surface area contributed by atoms with Crippen molar-refractivity contribution in [2.45, 2.75) is 0 Å². The van der Waals surface area contributed by atoms with E-state index in [0.29, 0.717) is 0 Å². The SMILES string of the molecule is c1ccc(-c2cccc(N(c3ccccc3)c3ccc(-c4ccccc4-c4ccc5c(c4)c4ccccc4n5-c4ccc5c(c4)sc4ccccc45)cc3)c2)cc1. The van der Waals surface area contributed by atoms with E-state index in [4.69, 9.17) is 0 Å². The molecule has 2 nitrogen and oxygen atoms in total. The molecule has 57 heavy (non-hydrogen) atoms. The minimum absolute atomic E-state index is 1.11. The predicted octanol–water partition coefficient (Wildman–Crippen LogP) is 15.6. The van der Waals surface area contributed by atoms with Crippen LogP contribution in [0.4, 0.5) is 17.1 Å². The summed E-state index contributed by atoms with van der Waals surface area (Å²) in [6.07, 6.45) is 0. The van der Waals surface area contributed by atoms with Crippen molar-refractivity contribution in [3.8, 4) is 39.1 Å². The Kier molecular flexibility index (Phi) is 8.04. The standard InChI is InChI=1S/C54H36N2S/c1-3-14-37(15-4-1)39-16-13-19-43(34-39)55(41-17-5-2-6-18-41)42-29-26-38(27-30-42)45-20-7-8-21-46(45)40-28-33-52-50(35-40)47-22-9-11-24-51(47)56(52)44-31-32-49-48-23-10-12-25-53(48)57-54(49)36-44/h1-36H. The summed E-state index contributed by atoms with van der Waals surface area (Å²) in [6.45, 7) is 0. The highest BCUT2D eigenvalue weighted by molar-refractivity contribution is 7.25. The second kappa shape index (κ2) is 13.8. The van der Waals surface area contributed by atoms with Crippen LogP contribution in [0.1, 0.15) is 0 Å². The van der Waals surface area contributed by atoms with Crippen LogP contribution >= 0.6 is 11.3 Å². The van der Waals surface area contributed by atoms with Crippen LogP contribution in [-0.2, 0) is 0 Å². The Morgan fingerprint density at radius 1 is 0.316 bits per heavy atom. The molecule has 268 valence electrons. The molecule has 0 fully saturated rings. The highest BCUT2D eigenvalue weighted by Crippen LogP contribution is 2.42. The Balaban J connectivity index is 0.986. The second-order valence-corrected chi connectivity index (χ2v) is 15.6. The highest BCUT2D eigenvalue weighted by Gasteiger charge is 2.17. The molecular weight excluding hydrogens is 709 g/mol. The third kappa shape index (κ3) is 5.80. The van der Waals surface area contributed by atoms with Crippen LogP contribution in [0.5, 0.6) is 0 Å². The van der Waals surface area contributed by atoms with Gasteiger partial charge in [-0.2, -0.15) is 0 Å². The minimum Gasteiger partial charge on any atom is -0.310 e. The molecule has 0 spiro atoms. The van der Waals surface area contributed by atoms with E-state index in [0.717, 1.165) is 17.1 Å². The number of aromatic nitrogens is 1. The first-order valence-corrected chi connectivity index (χ1v) is 20.2. The molecule has 0 unspecified atom stereocenters. The van der Waals surface area contributed by atoms with Crippen molar-refractivity contribution in [1.29, 1.82) is 0 Å². The van der Waals surface area contributed by atoms with E-state index in [2.05, 4.69) is 228 Å². The third-order valence-electron chi connectivity index (χ3n) is 11.2. The number of benzene rings is 9. The molecule has 0 saturated carbocycles.